The zero-order valence-corrected chi connectivity index (χ0v) is 18.0. The summed E-state index contributed by atoms with van der Waals surface area (Å²) in [6.07, 6.45) is 6.45. The average Bonchev–Trinajstić information content (AvgIpc) is 3.27. The third kappa shape index (κ3) is 4.68. The molecule has 0 saturated heterocycles. The maximum Gasteiger partial charge on any atom is 0.511 e. The van der Waals surface area contributed by atoms with Crippen LogP contribution in [-0.2, 0) is 6.42 Å². The summed E-state index contributed by atoms with van der Waals surface area (Å²) >= 11 is 0. The molecule has 5 rings (SSSR count). The molecule has 0 unspecified atom stereocenters. The fourth-order valence-electron chi connectivity index (χ4n) is 3.66. The van der Waals surface area contributed by atoms with Crippen molar-refractivity contribution in [2.75, 3.05) is 11.9 Å². The fourth-order valence-corrected chi connectivity index (χ4v) is 3.66. The van der Waals surface area contributed by atoms with Gasteiger partial charge in [-0.05, 0) is 54.4 Å². The van der Waals surface area contributed by atoms with E-state index in [4.69, 9.17) is 9.84 Å². The Bertz CT molecular complexity index is 1380. The largest absolute Gasteiger partial charge is 0.511 e. The first-order valence-corrected chi connectivity index (χ1v) is 10.6. The Morgan fingerprint density at radius 2 is 1.97 bits per heavy atom. The average molecular weight is 452 g/mol. The Morgan fingerprint density at radius 1 is 1.03 bits per heavy atom. The molecule has 168 valence electrons. The molecule has 1 aromatic carbocycles. The van der Waals surface area contributed by atoms with Gasteiger partial charge >= 0.3 is 6.16 Å². The highest BCUT2D eigenvalue weighted by atomic mass is 16.7. The van der Waals surface area contributed by atoms with Crippen molar-refractivity contribution in [3.8, 4) is 28.5 Å². The summed E-state index contributed by atoms with van der Waals surface area (Å²) in [6.45, 7) is 0.599. The highest BCUT2D eigenvalue weighted by Gasteiger charge is 2.11. The molecule has 0 spiro atoms. The molecule has 0 aliphatic rings. The number of fused-ring (bicyclic) bond motifs is 1. The number of H-pyrrole nitrogens is 1. The van der Waals surface area contributed by atoms with Gasteiger partial charge in [0, 0.05) is 53.9 Å². The molecule has 9 heteroatoms. The van der Waals surface area contributed by atoms with Crippen LogP contribution in [0, 0.1) is 0 Å². The Kier molecular flexibility index (Phi) is 5.81. The Labute approximate surface area is 194 Å². The fraction of sp³-hybridized carbons (Fsp3) is 0.0800. The molecular formula is C25H20N6O3. The van der Waals surface area contributed by atoms with Crippen LogP contribution in [0.2, 0.25) is 0 Å². The van der Waals surface area contributed by atoms with Gasteiger partial charge in [0.25, 0.3) is 0 Å². The summed E-state index contributed by atoms with van der Waals surface area (Å²) in [5.41, 5.74) is 4.25. The molecule has 0 atom stereocenters. The minimum atomic E-state index is -1.34. The van der Waals surface area contributed by atoms with Crippen molar-refractivity contribution >= 4 is 22.9 Å². The summed E-state index contributed by atoms with van der Waals surface area (Å²) in [6, 6.07) is 16.5. The number of ether oxygens (including phenoxy) is 1. The van der Waals surface area contributed by atoms with E-state index in [1.165, 1.54) is 0 Å². The zero-order chi connectivity index (χ0) is 23.3. The second kappa shape index (κ2) is 9.37. The normalized spacial score (nSPS) is 10.8. The number of carbonyl (C=O) groups is 1. The van der Waals surface area contributed by atoms with Crippen LogP contribution in [0.25, 0.3) is 33.7 Å². The summed E-state index contributed by atoms with van der Waals surface area (Å²) in [4.78, 5) is 32.0. The lowest BCUT2D eigenvalue weighted by molar-refractivity contribution is 0.144. The van der Waals surface area contributed by atoms with Crippen molar-refractivity contribution in [1.29, 1.82) is 0 Å². The van der Waals surface area contributed by atoms with Crippen LogP contribution in [0.5, 0.6) is 5.75 Å². The quantitative estimate of drug-likeness (QED) is 0.238. The van der Waals surface area contributed by atoms with E-state index in [1.54, 1.807) is 36.8 Å². The van der Waals surface area contributed by atoms with Crippen LogP contribution in [0.15, 0.2) is 79.4 Å². The Balaban J connectivity index is 1.39. The van der Waals surface area contributed by atoms with E-state index in [2.05, 4.69) is 30.2 Å². The molecule has 4 aromatic heterocycles. The molecule has 0 aliphatic heterocycles. The maximum atomic E-state index is 10.9. The van der Waals surface area contributed by atoms with Crippen LogP contribution in [0.1, 0.15) is 5.56 Å². The summed E-state index contributed by atoms with van der Waals surface area (Å²) < 4.78 is 4.79. The van der Waals surface area contributed by atoms with Gasteiger partial charge < -0.3 is 20.1 Å². The first kappa shape index (κ1) is 21.1. The van der Waals surface area contributed by atoms with Crippen molar-refractivity contribution in [3.63, 3.8) is 0 Å². The molecule has 0 fully saturated rings. The molecule has 0 saturated carbocycles. The van der Waals surface area contributed by atoms with Crippen LogP contribution >= 0.6 is 0 Å². The van der Waals surface area contributed by atoms with Gasteiger partial charge in [0.1, 0.15) is 17.3 Å². The third-order valence-corrected chi connectivity index (χ3v) is 5.22. The predicted octanol–water partition coefficient (Wildman–Crippen LogP) is 4.79. The molecule has 0 amide bonds. The Morgan fingerprint density at radius 3 is 2.76 bits per heavy atom. The van der Waals surface area contributed by atoms with Crippen molar-refractivity contribution in [1.82, 2.24) is 24.9 Å². The van der Waals surface area contributed by atoms with Gasteiger partial charge in [-0.25, -0.2) is 14.8 Å². The maximum absolute atomic E-state index is 10.9. The minimum Gasteiger partial charge on any atom is -0.449 e. The SMILES string of the molecule is O=C(O)Oc1ccc2[nH]cc(CCNc3cc(-c4cccnc4)nc(-c4ccccn4)n3)c2c1. The van der Waals surface area contributed by atoms with Crippen LogP contribution in [0.3, 0.4) is 0 Å². The van der Waals surface area contributed by atoms with Crippen molar-refractivity contribution in [2.45, 2.75) is 6.42 Å². The lowest BCUT2D eigenvalue weighted by Crippen LogP contribution is -2.08. The molecular weight excluding hydrogens is 432 g/mol. The van der Waals surface area contributed by atoms with Gasteiger partial charge in [0.15, 0.2) is 5.82 Å². The highest BCUT2D eigenvalue weighted by Crippen LogP contribution is 2.25. The summed E-state index contributed by atoms with van der Waals surface area (Å²) in [7, 11) is 0. The first-order chi connectivity index (χ1) is 16.7. The number of benzene rings is 1. The van der Waals surface area contributed by atoms with Gasteiger partial charge in [-0.2, -0.15) is 0 Å². The van der Waals surface area contributed by atoms with E-state index in [-0.39, 0.29) is 5.75 Å². The van der Waals surface area contributed by atoms with Gasteiger partial charge in [-0.3, -0.25) is 9.97 Å². The molecule has 3 N–H and O–H groups in total. The number of pyridine rings is 2. The second-order valence-corrected chi connectivity index (χ2v) is 7.48. The van der Waals surface area contributed by atoms with Gasteiger partial charge in [-0.15, -0.1) is 0 Å². The van der Waals surface area contributed by atoms with Gasteiger partial charge in [-0.1, -0.05) is 6.07 Å². The van der Waals surface area contributed by atoms with E-state index in [0.717, 1.165) is 27.7 Å². The number of nitrogens with zero attached hydrogens (tertiary/aromatic N) is 4. The number of aromatic nitrogens is 5. The smallest absolute Gasteiger partial charge is 0.449 e. The molecule has 0 bridgehead atoms. The van der Waals surface area contributed by atoms with Crippen LogP contribution < -0.4 is 10.1 Å². The standard InChI is InChI=1S/C25H20N6O3/c32-25(33)34-18-6-7-20-19(12-18)16(15-29-20)8-11-28-23-13-22(17-4-3-9-26-14-17)30-24(31-23)21-5-1-2-10-27-21/h1-7,9-10,12-15,29H,8,11H2,(H,32,33)(H,28,30,31). The van der Waals surface area contributed by atoms with E-state index >= 15 is 0 Å². The number of carboxylic acid groups (broad SMARTS) is 1. The van der Waals surface area contributed by atoms with E-state index < -0.39 is 6.16 Å². The molecule has 0 radical (unpaired) electrons. The summed E-state index contributed by atoms with van der Waals surface area (Å²) in [5.74, 6) is 1.47. The van der Waals surface area contributed by atoms with Crippen molar-refractivity contribution in [2.24, 2.45) is 0 Å². The zero-order valence-electron chi connectivity index (χ0n) is 18.0. The van der Waals surface area contributed by atoms with Crippen LogP contribution in [0.4, 0.5) is 10.6 Å². The molecule has 34 heavy (non-hydrogen) atoms. The lowest BCUT2D eigenvalue weighted by Gasteiger charge is -2.10. The lowest BCUT2D eigenvalue weighted by atomic mass is 10.1. The van der Waals surface area contributed by atoms with E-state index in [0.29, 0.717) is 30.3 Å². The minimum absolute atomic E-state index is 0.283. The monoisotopic (exact) mass is 452 g/mol. The first-order valence-electron chi connectivity index (χ1n) is 10.6. The molecule has 4 heterocycles. The molecule has 0 aliphatic carbocycles. The van der Waals surface area contributed by atoms with Crippen molar-refractivity contribution < 1.29 is 14.6 Å². The second-order valence-electron chi connectivity index (χ2n) is 7.48. The number of nitrogens with one attached hydrogen (secondary N) is 2. The Hall–Kier alpha value is -4.79. The van der Waals surface area contributed by atoms with Crippen LogP contribution in [-0.4, -0.2) is 42.7 Å². The highest BCUT2D eigenvalue weighted by molar-refractivity contribution is 5.85. The molecule has 5 aromatic rings. The van der Waals surface area contributed by atoms with E-state index in [1.807, 2.05) is 42.6 Å². The summed E-state index contributed by atoms with van der Waals surface area (Å²) in [5, 5.41) is 13.2. The number of hydrogen-bond donors (Lipinski definition) is 3. The van der Waals surface area contributed by atoms with E-state index in [9.17, 15) is 4.79 Å². The number of aromatic amines is 1. The number of anilines is 1. The van der Waals surface area contributed by atoms with Crippen molar-refractivity contribution in [3.05, 3.63) is 84.9 Å². The predicted molar refractivity (Wildman–Crippen MR) is 128 cm³/mol. The van der Waals surface area contributed by atoms with Gasteiger partial charge in [0.05, 0.1) is 5.69 Å². The number of hydrogen-bond acceptors (Lipinski definition) is 7. The third-order valence-electron chi connectivity index (χ3n) is 5.22. The topological polar surface area (TPSA) is 126 Å². The van der Waals surface area contributed by atoms with Gasteiger partial charge in [0.2, 0.25) is 0 Å². The number of rotatable bonds is 7. The molecule has 9 nitrogen and oxygen atoms in total.